The Hall–Kier alpha value is -2.34. The molecule has 6 heteroatoms. The quantitative estimate of drug-likeness (QED) is 0.802. The van der Waals surface area contributed by atoms with Crippen LogP contribution in [0.1, 0.15) is 11.1 Å². The summed E-state index contributed by atoms with van der Waals surface area (Å²) in [6.07, 6.45) is 0.221. The van der Waals surface area contributed by atoms with Crippen LogP contribution in [0.15, 0.2) is 46.9 Å². The van der Waals surface area contributed by atoms with Crippen molar-refractivity contribution in [1.29, 1.82) is 0 Å². The van der Waals surface area contributed by atoms with Crippen molar-refractivity contribution in [2.75, 3.05) is 26.0 Å². The summed E-state index contributed by atoms with van der Waals surface area (Å²) in [6.45, 7) is 1.91. The predicted molar refractivity (Wildman–Crippen MR) is 102 cm³/mol. The van der Waals surface area contributed by atoms with E-state index in [1.807, 2.05) is 49.4 Å². The van der Waals surface area contributed by atoms with Crippen molar-refractivity contribution in [3.8, 4) is 5.75 Å². The summed E-state index contributed by atoms with van der Waals surface area (Å²) in [5, 5.41) is 2.83. The third-order valence-electron chi connectivity index (χ3n) is 3.76. The van der Waals surface area contributed by atoms with Gasteiger partial charge in [0, 0.05) is 17.2 Å². The number of nitrogens with one attached hydrogen (secondary N) is 1. The number of carbonyl (C=O) groups excluding carboxylic acids is 2. The fraction of sp³-hybridized carbons (Fsp3) is 0.263. The van der Waals surface area contributed by atoms with Crippen LogP contribution >= 0.6 is 15.9 Å². The number of amides is 2. The molecule has 0 fully saturated rings. The van der Waals surface area contributed by atoms with Crippen LogP contribution in [-0.2, 0) is 16.0 Å². The zero-order valence-electron chi connectivity index (χ0n) is 14.5. The molecule has 0 aliphatic carbocycles. The monoisotopic (exact) mass is 404 g/mol. The first kappa shape index (κ1) is 19.0. The highest BCUT2D eigenvalue weighted by molar-refractivity contribution is 9.10. The predicted octanol–water partition coefficient (Wildman–Crippen LogP) is 3.41. The highest BCUT2D eigenvalue weighted by Crippen LogP contribution is 2.20. The number of benzene rings is 2. The van der Waals surface area contributed by atoms with Crippen LogP contribution in [0.5, 0.6) is 5.75 Å². The number of anilines is 1. The third kappa shape index (κ3) is 5.60. The normalized spacial score (nSPS) is 10.2. The summed E-state index contributed by atoms with van der Waals surface area (Å²) >= 11 is 3.39. The van der Waals surface area contributed by atoms with Gasteiger partial charge in [0.25, 0.3) is 0 Å². The molecule has 132 valence electrons. The maximum Gasteiger partial charge on any atom is 0.243 e. The summed E-state index contributed by atoms with van der Waals surface area (Å²) in [6, 6.07) is 13.0. The maximum atomic E-state index is 12.3. The number of nitrogens with zero attached hydrogens (tertiary/aromatic N) is 1. The van der Waals surface area contributed by atoms with Gasteiger partial charge in [-0.15, -0.1) is 0 Å². The Labute approximate surface area is 156 Å². The smallest absolute Gasteiger partial charge is 0.243 e. The molecule has 0 bridgehead atoms. The average molecular weight is 405 g/mol. The van der Waals surface area contributed by atoms with E-state index in [9.17, 15) is 9.59 Å². The Balaban J connectivity index is 1.92. The van der Waals surface area contributed by atoms with Gasteiger partial charge in [0.2, 0.25) is 11.8 Å². The standard InChI is InChI=1S/C19H21BrN2O3/c1-13-9-15(20)7-8-17(13)21-18(23)12-22(2)19(24)11-14-5-4-6-16(10-14)25-3/h4-10H,11-12H2,1-3H3,(H,21,23). The second kappa shape index (κ2) is 8.67. The van der Waals surface area contributed by atoms with Crippen LogP contribution in [-0.4, -0.2) is 37.4 Å². The molecule has 2 rings (SSSR count). The molecule has 0 unspecified atom stereocenters. The number of methoxy groups -OCH3 is 1. The van der Waals surface area contributed by atoms with Gasteiger partial charge in [-0.1, -0.05) is 28.1 Å². The lowest BCUT2D eigenvalue weighted by molar-refractivity contribution is -0.132. The van der Waals surface area contributed by atoms with E-state index in [2.05, 4.69) is 21.2 Å². The van der Waals surface area contributed by atoms with E-state index in [1.165, 1.54) is 4.90 Å². The van der Waals surface area contributed by atoms with Crippen molar-refractivity contribution < 1.29 is 14.3 Å². The van der Waals surface area contributed by atoms with E-state index in [4.69, 9.17) is 4.74 Å². The van der Waals surface area contributed by atoms with Gasteiger partial charge in [-0.25, -0.2) is 0 Å². The van der Waals surface area contributed by atoms with Gasteiger partial charge in [-0.3, -0.25) is 9.59 Å². The molecule has 0 saturated carbocycles. The van der Waals surface area contributed by atoms with Crippen LogP contribution in [0.2, 0.25) is 0 Å². The second-order valence-corrected chi connectivity index (χ2v) is 6.70. The van der Waals surface area contributed by atoms with Crippen molar-refractivity contribution in [3.63, 3.8) is 0 Å². The zero-order chi connectivity index (χ0) is 18.4. The maximum absolute atomic E-state index is 12.3. The largest absolute Gasteiger partial charge is 0.497 e. The van der Waals surface area contributed by atoms with Crippen LogP contribution in [0.25, 0.3) is 0 Å². The Morgan fingerprint density at radius 3 is 2.64 bits per heavy atom. The number of hydrogen-bond donors (Lipinski definition) is 1. The fourth-order valence-corrected chi connectivity index (χ4v) is 2.83. The molecular weight excluding hydrogens is 384 g/mol. The minimum absolute atomic E-state index is 0.00168. The van der Waals surface area contributed by atoms with Gasteiger partial charge in [0.15, 0.2) is 0 Å². The highest BCUT2D eigenvalue weighted by Gasteiger charge is 2.14. The van der Waals surface area contributed by atoms with E-state index in [0.717, 1.165) is 21.3 Å². The lowest BCUT2D eigenvalue weighted by Gasteiger charge is -2.17. The van der Waals surface area contributed by atoms with Crippen molar-refractivity contribution in [2.24, 2.45) is 0 Å². The molecule has 0 aromatic heterocycles. The van der Waals surface area contributed by atoms with Gasteiger partial charge in [0.05, 0.1) is 20.1 Å². The molecule has 25 heavy (non-hydrogen) atoms. The first-order chi connectivity index (χ1) is 11.9. The first-order valence-electron chi connectivity index (χ1n) is 7.82. The fourth-order valence-electron chi connectivity index (χ4n) is 2.35. The number of carbonyl (C=O) groups is 2. The Morgan fingerprint density at radius 2 is 1.96 bits per heavy atom. The molecule has 0 radical (unpaired) electrons. The molecule has 2 amide bonds. The van der Waals surface area contributed by atoms with E-state index in [0.29, 0.717) is 5.75 Å². The summed E-state index contributed by atoms with van der Waals surface area (Å²) < 4.78 is 6.11. The van der Waals surface area contributed by atoms with E-state index < -0.39 is 0 Å². The molecular formula is C19H21BrN2O3. The molecule has 0 atom stereocenters. The van der Waals surface area contributed by atoms with Crippen LogP contribution in [0, 0.1) is 6.92 Å². The molecule has 0 heterocycles. The number of rotatable bonds is 6. The summed E-state index contributed by atoms with van der Waals surface area (Å²) in [5.74, 6) is 0.347. The molecule has 0 spiro atoms. The summed E-state index contributed by atoms with van der Waals surface area (Å²) in [7, 11) is 3.21. The molecule has 1 N–H and O–H groups in total. The summed E-state index contributed by atoms with van der Waals surface area (Å²) in [4.78, 5) is 25.9. The SMILES string of the molecule is COc1cccc(CC(=O)N(C)CC(=O)Nc2ccc(Br)cc2C)c1. The number of aryl methyl sites for hydroxylation is 1. The first-order valence-corrected chi connectivity index (χ1v) is 8.61. The van der Waals surface area contributed by atoms with Crippen LogP contribution in [0.3, 0.4) is 0 Å². The topological polar surface area (TPSA) is 58.6 Å². The number of likely N-dealkylation sites (N-methyl/N-ethyl adjacent to an activating group) is 1. The van der Waals surface area contributed by atoms with Crippen LogP contribution in [0.4, 0.5) is 5.69 Å². The van der Waals surface area contributed by atoms with Gasteiger partial charge in [0.1, 0.15) is 5.75 Å². The molecule has 0 aliphatic rings. The molecule has 0 aliphatic heterocycles. The van der Waals surface area contributed by atoms with Crippen LogP contribution < -0.4 is 10.1 Å². The third-order valence-corrected chi connectivity index (χ3v) is 4.25. The van der Waals surface area contributed by atoms with E-state index in [1.54, 1.807) is 14.2 Å². The second-order valence-electron chi connectivity index (χ2n) is 5.79. The lowest BCUT2D eigenvalue weighted by Crippen LogP contribution is -2.35. The van der Waals surface area contributed by atoms with Gasteiger partial charge < -0.3 is 15.0 Å². The lowest BCUT2D eigenvalue weighted by atomic mass is 10.1. The minimum Gasteiger partial charge on any atom is -0.497 e. The van der Waals surface area contributed by atoms with Crippen molar-refractivity contribution in [1.82, 2.24) is 4.90 Å². The Kier molecular flexibility index (Phi) is 6.58. The van der Waals surface area contributed by atoms with Gasteiger partial charge in [-0.2, -0.15) is 0 Å². The van der Waals surface area contributed by atoms with Gasteiger partial charge >= 0.3 is 0 Å². The van der Waals surface area contributed by atoms with E-state index in [-0.39, 0.29) is 24.8 Å². The van der Waals surface area contributed by atoms with E-state index >= 15 is 0 Å². The number of ether oxygens (including phenoxy) is 1. The van der Waals surface area contributed by atoms with Crippen molar-refractivity contribution in [3.05, 3.63) is 58.1 Å². The molecule has 5 nitrogen and oxygen atoms in total. The van der Waals surface area contributed by atoms with Gasteiger partial charge in [-0.05, 0) is 48.4 Å². The Morgan fingerprint density at radius 1 is 1.20 bits per heavy atom. The molecule has 2 aromatic rings. The average Bonchev–Trinajstić information content (AvgIpc) is 2.57. The zero-order valence-corrected chi connectivity index (χ0v) is 16.1. The van der Waals surface area contributed by atoms with Crippen molar-refractivity contribution >= 4 is 33.4 Å². The number of hydrogen-bond acceptors (Lipinski definition) is 3. The minimum atomic E-state index is -0.230. The molecule has 0 saturated heterocycles. The highest BCUT2D eigenvalue weighted by atomic mass is 79.9. The Bertz CT molecular complexity index is 777. The summed E-state index contributed by atoms with van der Waals surface area (Å²) in [5.41, 5.74) is 2.54. The van der Waals surface area contributed by atoms with Crippen molar-refractivity contribution in [2.45, 2.75) is 13.3 Å². The molecule has 2 aromatic carbocycles. The number of halogens is 1.